The summed E-state index contributed by atoms with van der Waals surface area (Å²) in [6.07, 6.45) is -4.70. The second kappa shape index (κ2) is 9.10. The second-order valence-electron chi connectivity index (χ2n) is 7.48. The van der Waals surface area contributed by atoms with Gasteiger partial charge in [-0.25, -0.2) is 8.42 Å². The minimum atomic E-state index is -4.70. The topological polar surface area (TPSA) is 46.2 Å². The average molecular weight is 446 g/mol. The van der Waals surface area contributed by atoms with Crippen LogP contribution in [0.2, 0.25) is 0 Å². The van der Waals surface area contributed by atoms with Crippen LogP contribution in [0.3, 0.4) is 0 Å². The van der Waals surface area contributed by atoms with Crippen molar-refractivity contribution in [1.29, 1.82) is 0 Å². The standard InChI is InChI=1S/C21H26F3NO2S2/c1-13(2)17-6-8-18(9-7-17)28-12-19(21(22,23)24)25-29(26,27)20-15(4)10-14(3)11-16(20)5/h6-11,13,19,25H,12H2,1-5H3. The zero-order chi connectivity index (χ0) is 22.0. The Morgan fingerprint density at radius 3 is 1.97 bits per heavy atom. The number of hydrogen-bond acceptors (Lipinski definition) is 3. The lowest BCUT2D eigenvalue weighted by Crippen LogP contribution is -2.47. The molecule has 0 aliphatic heterocycles. The molecule has 1 N–H and O–H groups in total. The summed E-state index contributed by atoms with van der Waals surface area (Å²) in [7, 11) is -4.33. The highest BCUT2D eigenvalue weighted by Crippen LogP contribution is 2.30. The van der Waals surface area contributed by atoms with Crippen LogP contribution in [0.1, 0.15) is 42.0 Å². The van der Waals surface area contributed by atoms with Gasteiger partial charge in [0.15, 0.2) is 0 Å². The molecule has 160 valence electrons. The van der Waals surface area contributed by atoms with Gasteiger partial charge in [-0.05, 0) is 55.5 Å². The predicted molar refractivity (Wildman–Crippen MR) is 112 cm³/mol. The van der Waals surface area contributed by atoms with Crippen molar-refractivity contribution in [2.45, 2.75) is 62.5 Å². The van der Waals surface area contributed by atoms with Gasteiger partial charge in [0.1, 0.15) is 6.04 Å². The molecule has 0 aliphatic carbocycles. The van der Waals surface area contributed by atoms with Gasteiger partial charge >= 0.3 is 6.18 Å². The monoisotopic (exact) mass is 445 g/mol. The van der Waals surface area contributed by atoms with E-state index in [1.807, 2.05) is 37.6 Å². The maximum Gasteiger partial charge on any atom is 0.405 e. The van der Waals surface area contributed by atoms with Crippen molar-refractivity contribution in [3.63, 3.8) is 0 Å². The van der Waals surface area contributed by atoms with E-state index in [2.05, 4.69) is 0 Å². The molecule has 29 heavy (non-hydrogen) atoms. The predicted octanol–water partition coefficient (Wildman–Crippen LogP) is 5.74. The SMILES string of the molecule is Cc1cc(C)c(S(=O)(=O)NC(CSc2ccc(C(C)C)cc2)C(F)(F)F)c(C)c1. The molecule has 3 nitrogen and oxygen atoms in total. The molecule has 0 saturated heterocycles. The van der Waals surface area contributed by atoms with Crippen LogP contribution in [0.25, 0.3) is 0 Å². The number of sulfonamides is 1. The normalized spacial score (nSPS) is 13.7. The molecule has 0 spiro atoms. The fourth-order valence-corrected chi connectivity index (χ4v) is 5.90. The quantitative estimate of drug-likeness (QED) is 0.553. The number of benzene rings is 2. The third-order valence-electron chi connectivity index (χ3n) is 4.53. The molecule has 2 aromatic carbocycles. The fourth-order valence-electron chi connectivity index (χ4n) is 3.16. The van der Waals surface area contributed by atoms with Crippen molar-refractivity contribution in [1.82, 2.24) is 4.72 Å². The zero-order valence-electron chi connectivity index (χ0n) is 17.1. The van der Waals surface area contributed by atoms with E-state index in [9.17, 15) is 21.6 Å². The summed E-state index contributed by atoms with van der Waals surface area (Å²) in [5.74, 6) is -0.127. The number of thioether (sulfide) groups is 1. The van der Waals surface area contributed by atoms with Crippen LogP contribution in [0.15, 0.2) is 46.2 Å². The maximum atomic E-state index is 13.6. The Morgan fingerprint density at radius 2 is 1.52 bits per heavy atom. The molecule has 0 heterocycles. The van der Waals surface area contributed by atoms with Crippen LogP contribution >= 0.6 is 11.8 Å². The van der Waals surface area contributed by atoms with E-state index in [0.29, 0.717) is 21.9 Å². The first-order valence-electron chi connectivity index (χ1n) is 9.21. The number of halogens is 3. The van der Waals surface area contributed by atoms with E-state index < -0.39 is 28.0 Å². The third kappa shape index (κ3) is 6.23. The summed E-state index contributed by atoms with van der Waals surface area (Å²) in [4.78, 5) is 0.564. The molecule has 8 heteroatoms. The highest BCUT2D eigenvalue weighted by Gasteiger charge is 2.42. The van der Waals surface area contributed by atoms with Gasteiger partial charge in [0.05, 0.1) is 4.90 Å². The van der Waals surface area contributed by atoms with Crippen LogP contribution in [-0.2, 0) is 10.0 Å². The molecule has 1 atom stereocenters. The van der Waals surface area contributed by atoms with Gasteiger partial charge in [0.25, 0.3) is 0 Å². The molecular weight excluding hydrogens is 419 g/mol. The van der Waals surface area contributed by atoms with E-state index in [0.717, 1.165) is 22.9 Å². The van der Waals surface area contributed by atoms with Gasteiger partial charge in [-0.15, -0.1) is 11.8 Å². The van der Waals surface area contributed by atoms with Crippen molar-refractivity contribution in [3.8, 4) is 0 Å². The lowest BCUT2D eigenvalue weighted by atomic mass is 10.0. The molecule has 0 saturated carbocycles. The van der Waals surface area contributed by atoms with E-state index in [-0.39, 0.29) is 4.90 Å². The lowest BCUT2D eigenvalue weighted by Gasteiger charge is -2.22. The van der Waals surface area contributed by atoms with Crippen LogP contribution in [0.4, 0.5) is 13.2 Å². The molecule has 2 aromatic rings. The first kappa shape index (κ1) is 23.8. The Bertz CT molecular complexity index is 930. The number of hydrogen-bond donors (Lipinski definition) is 1. The Morgan fingerprint density at radius 1 is 1.00 bits per heavy atom. The van der Waals surface area contributed by atoms with Crippen molar-refractivity contribution in [2.24, 2.45) is 0 Å². The van der Waals surface area contributed by atoms with E-state index in [4.69, 9.17) is 0 Å². The van der Waals surface area contributed by atoms with E-state index in [1.54, 1.807) is 38.1 Å². The fraction of sp³-hybridized carbons (Fsp3) is 0.429. The molecule has 2 rings (SSSR count). The smallest absolute Gasteiger partial charge is 0.207 e. The lowest BCUT2D eigenvalue weighted by molar-refractivity contribution is -0.145. The molecule has 0 aromatic heterocycles. The van der Waals surface area contributed by atoms with E-state index in [1.165, 1.54) is 0 Å². The second-order valence-corrected chi connectivity index (χ2v) is 10.2. The van der Waals surface area contributed by atoms with Gasteiger partial charge < -0.3 is 0 Å². The molecule has 0 bridgehead atoms. The number of rotatable bonds is 7. The highest BCUT2D eigenvalue weighted by molar-refractivity contribution is 7.99. The summed E-state index contributed by atoms with van der Waals surface area (Å²) < 4.78 is 68.1. The Balaban J connectivity index is 2.23. The zero-order valence-corrected chi connectivity index (χ0v) is 18.7. The van der Waals surface area contributed by atoms with Crippen LogP contribution in [-0.4, -0.2) is 26.4 Å². The van der Waals surface area contributed by atoms with Gasteiger partial charge in [-0.1, -0.05) is 43.7 Å². The van der Waals surface area contributed by atoms with Crippen LogP contribution in [0.5, 0.6) is 0 Å². The Labute approximate surface area is 175 Å². The maximum absolute atomic E-state index is 13.6. The van der Waals surface area contributed by atoms with Gasteiger partial charge in [-0.2, -0.15) is 17.9 Å². The Kier molecular flexibility index (Phi) is 7.46. The summed E-state index contributed by atoms with van der Waals surface area (Å²) in [6.45, 7) is 9.05. The molecule has 0 radical (unpaired) electrons. The molecular formula is C21H26F3NO2S2. The molecule has 0 amide bonds. The first-order valence-corrected chi connectivity index (χ1v) is 11.7. The molecule has 1 unspecified atom stereocenters. The molecule has 0 aliphatic rings. The number of alkyl halides is 3. The van der Waals surface area contributed by atoms with Crippen LogP contribution < -0.4 is 4.72 Å². The van der Waals surface area contributed by atoms with Crippen molar-refractivity contribution < 1.29 is 21.6 Å². The largest absolute Gasteiger partial charge is 0.405 e. The third-order valence-corrected chi connectivity index (χ3v) is 7.41. The summed E-state index contributed by atoms with van der Waals surface area (Å²) in [5, 5.41) is 0. The Hall–Kier alpha value is -1.51. The van der Waals surface area contributed by atoms with Gasteiger partial charge in [0.2, 0.25) is 10.0 Å². The van der Waals surface area contributed by atoms with Crippen LogP contribution in [0, 0.1) is 20.8 Å². The number of nitrogens with one attached hydrogen (secondary N) is 1. The van der Waals surface area contributed by atoms with Gasteiger partial charge in [-0.3, -0.25) is 0 Å². The summed E-state index contributed by atoms with van der Waals surface area (Å²) >= 11 is 0.976. The summed E-state index contributed by atoms with van der Waals surface area (Å²) in [6, 6.07) is 8.37. The molecule has 0 fully saturated rings. The minimum Gasteiger partial charge on any atom is -0.207 e. The van der Waals surface area contributed by atoms with Crippen molar-refractivity contribution >= 4 is 21.8 Å². The first-order chi connectivity index (χ1) is 13.3. The number of aryl methyl sites for hydroxylation is 3. The highest BCUT2D eigenvalue weighted by atomic mass is 32.2. The van der Waals surface area contributed by atoms with Crippen molar-refractivity contribution in [2.75, 3.05) is 5.75 Å². The minimum absolute atomic E-state index is 0.0939. The summed E-state index contributed by atoms with van der Waals surface area (Å²) in [5.41, 5.74) is 2.79. The van der Waals surface area contributed by atoms with E-state index >= 15 is 0 Å². The average Bonchev–Trinajstić information content (AvgIpc) is 2.56. The van der Waals surface area contributed by atoms with Gasteiger partial charge in [0, 0.05) is 10.6 Å². The van der Waals surface area contributed by atoms with Crippen molar-refractivity contribution in [3.05, 3.63) is 58.7 Å².